The molecule has 2 aromatic carbocycles. The molecular weight excluding hydrogens is 432 g/mol. The van der Waals surface area contributed by atoms with Crippen LogP contribution in [-0.4, -0.2) is 30.3 Å². The number of likely N-dealkylation sites (tertiary alicyclic amines) is 1. The van der Waals surface area contributed by atoms with Gasteiger partial charge in [-0.3, -0.25) is 9.69 Å². The highest BCUT2D eigenvalue weighted by molar-refractivity contribution is 6.14. The third-order valence-corrected chi connectivity index (χ3v) is 5.07. The number of carbonyl (C=O) groups excluding carboxylic acids is 1. The molecule has 0 spiro atoms. The Labute approximate surface area is 181 Å². The van der Waals surface area contributed by atoms with Gasteiger partial charge in [-0.05, 0) is 60.5 Å². The largest absolute Gasteiger partial charge is 0.416 e. The van der Waals surface area contributed by atoms with Crippen LogP contribution in [0.15, 0.2) is 59.7 Å². The Morgan fingerprint density at radius 2 is 1.12 bits per heavy atom. The van der Waals surface area contributed by atoms with Crippen molar-refractivity contribution in [3.63, 3.8) is 0 Å². The second-order valence-electron chi connectivity index (χ2n) is 7.62. The molecule has 0 unspecified atom stereocenters. The van der Waals surface area contributed by atoms with Crippen molar-refractivity contribution in [1.82, 2.24) is 4.90 Å². The van der Waals surface area contributed by atoms with E-state index in [1.165, 1.54) is 24.3 Å². The van der Waals surface area contributed by atoms with Crippen LogP contribution in [0.3, 0.4) is 0 Å². The van der Waals surface area contributed by atoms with Gasteiger partial charge in [0, 0.05) is 24.2 Å². The van der Waals surface area contributed by atoms with Crippen LogP contribution in [0.25, 0.3) is 12.2 Å². The molecule has 0 aromatic heterocycles. The zero-order chi connectivity index (χ0) is 23.5. The third kappa shape index (κ3) is 5.88. The minimum absolute atomic E-state index is 0.267. The predicted molar refractivity (Wildman–Crippen MR) is 111 cm³/mol. The monoisotopic (exact) mass is 453 g/mol. The summed E-state index contributed by atoms with van der Waals surface area (Å²) in [5.41, 5.74) is 0.225. The summed E-state index contributed by atoms with van der Waals surface area (Å²) in [6.07, 6.45) is -4.94. The van der Waals surface area contributed by atoms with Gasteiger partial charge in [0.1, 0.15) is 0 Å². The Kier molecular flexibility index (Phi) is 6.93. The Bertz CT molecular complexity index is 935. The van der Waals surface area contributed by atoms with Crippen LogP contribution in [0.4, 0.5) is 26.3 Å². The average molecular weight is 453 g/mol. The quantitative estimate of drug-likeness (QED) is 0.390. The maximum absolute atomic E-state index is 13.0. The molecule has 2 nitrogen and oxygen atoms in total. The SMILES string of the molecule is CCCN1C/C(=C\c2ccc(C(F)(F)F)cc2)C(=O)/C(=C/c2ccc(C(F)(F)F)cc2)C1. The highest BCUT2D eigenvalue weighted by Gasteiger charge is 2.31. The fourth-order valence-corrected chi connectivity index (χ4v) is 3.52. The van der Waals surface area contributed by atoms with E-state index in [0.717, 1.165) is 30.7 Å². The molecule has 1 aliphatic heterocycles. The summed E-state index contributed by atoms with van der Waals surface area (Å²) in [5.74, 6) is -0.267. The molecule has 0 atom stereocenters. The molecule has 0 amide bonds. The Morgan fingerprint density at radius 3 is 1.44 bits per heavy atom. The van der Waals surface area contributed by atoms with Crippen LogP contribution >= 0.6 is 0 Å². The minimum Gasteiger partial charge on any atom is -0.295 e. The number of hydrogen-bond donors (Lipinski definition) is 0. The van der Waals surface area contributed by atoms with E-state index >= 15 is 0 Å². The van der Waals surface area contributed by atoms with Crippen molar-refractivity contribution in [3.8, 4) is 0 Å². The molecule has 0 N–H and O–H groups in total. The van der Waals surface area contributed by atoms with E-state index in [1.54, 1.807) is 12.2 Å². The van der Waals surface area contributed by atoms with E-state index in [2.05, 4.69) is 0 Å². The van der Waals surface area contributed by atoms with Crippen LogP contribution in [0.2, 0.25) is 0 Å². The third-order valence-electron chi connectivity index (χ3n) is 5.07. The summed E-state index contributed by atoms with van der Waals surface area (Å²) in [6, 6.07) is 9.07. The molecule has 3 rings (SSSR count). The lowest BCUT2D eigenvalue weighted by Crippen LogP contribution is -2.38. The van der Waals surface area contributed by atoms with E-state index in [4.69, 9.17) is 0 Å². The van der Waals surface area contributed by atoms with Crippen LogP contribution in [0.1, 0.15) is 35.6 Å². The van der Waals surface area contributed by atoms with Crippen LogP contribution in [0, 0.1) is 0 Å². The van der Waals surface area contributed by atoms with Gasteiger partial charge in [-0.2, -0.15) is 26.3 Å². The lowest BCUT2D eigenvalue weighted by atomic mass is 9.94. The van der Waals surface area contributed by atoms with Gasteiger partial charge in [0.25, 0.3) is 0 Å². The zero-order valence-corrected chi connectivity index (χ0v) is 17.2. The van der Waals surface area contributed by atoms with E-state index in [9.17, 15) is 31.1 Å². The Morgan fingerprint density at radius 1 is 0.750 bits per heavy atom. The number of hydrogen-bond acceptors (Lipinski definition) is 2. The van der Waals surface area contributed by atoms with Gasteiger partial charge in [-0.15, -0.1) is 0 Å². The van der Waals surface area contributed by atoms with Gasteiger partial charge in [-0.25, -0.2) is 0 Å². The first-order chi connectivity index (χ1) is 15.0. The lowest BCUT2D eigenvalue weighted by molar-refractivity contribution is -0.138. The number of nitrogens with zero attached hydrogens (tertiary/aromatic N) is 1. The zero-order valence-electron chi connectivity index (χ0n) is 17.2. The summed E-state index contributed by atoms with van der Waals surface area (Å²) < 4.78 is 76.7. The summed E-state index contributed by atoms with van der Waals surface area (Å²) in [4.78, 5) is 15.0. The first kappa shape index (κ1) is 23.8. The van der Waals surface area contributed by atoms with Gasteiger partial charge < -0.3 is 0 Å². The normalized spacial score (nSPS) is 18.5. The number of halogens is 6. The predicted octanol–water partition coefficient (Wildman–Crippen LogP) is 6.49. The maximum atomic E-state index is 13.0. The van der Waals surface area contributed by atoms with Crippen molar-refractivity contribution < 1.29 is 31.1 Å². The number of rotatable bonds is 4. The summed E-state index contributed by atoms with van der Waals surface area (Å²) in [5, 5.41) is 0. The molecule has 0 radical (unpaired) electrons. The molecule has 32 heavy (non-hydrogen) atoms. The van der Waals surface area contributed by atoms with Crippen molar-refractivity contribution in [2.75, 3.05) is 19.6 Å². The smallest absolute Gasteiger partial charge is 0.295 e. The van der Waals surface area contributed by atoms with Crippen molar-refractivity contribution in [1.29, 1.82) is 0 Å². The molecule has 0 aliphatic carbocycles. The van der Waals surface area contributed by atoms with Crippen molar-refractivity contribution >= 4 is 17.9 Å². The van der Waals surface area contributed by atoms with Crippen LogP contribution < -0.4 is 0 Å². The first-order valence-electron chi connectivity index (χ1n) is 10.00. The molecule has 8 heteroatoms. The van der Waals surface area contributed by atoms with Crippen LogP contribution in [-0.2, 0) is 17.1 Å². The fraction of sp³-hybridized carbons (Fsp3) is 0.292. The minimum atomic E-state index is -4.44. The van der Waals surface area contributed by atoms with Gasteiger partial charge >= 0.3 is 12.4 Å². The van der Waals surface area contributed by atoms with Gasteiger partial charge in [0.15, 0.2) is 5.78 Å². The molecule has 1 saturated heterocycles. The standard InChI is InChI=1S/C24H21F6NO/c1-2-11-31-14-18(12-16-3-7-20(8-4-16)23(25,26)27)22(32)19(15-31)13-17-5-9-21(10-6-17)24(28,29)30/h3-10,12-13H,2,11,14-15H2,1H3/b18-12+,19-13+. The number of Topliss-reactive ketones (excluding diaryl/α,β-unsaturated/α-hetero) is 1. The Balaban J connectivity index is 1.90. The van der Waals surface area contributed by atoms with Gasteiger partial charge in [0.05, 0.1) is 11.1 Å². The van der Waals surface area contributed by atoms with Crippen molar-refractivity contribution in [3.05, 3.63) is 81.9 Å². The molecule has 0 bridgehead atoms. The lowest BCUT2D eigenvalue weighted by Gasteiger charge is -2.29. The number of carbonyl (C=O) groups is 1. The number of piperidine rings is 1. The van der Waals surface area contributed by atoms with E-state index in [-0.39, 0.29) is 5.78 Å². The van der Waals surface area contributed by atoms with E-state index in [0.29, 0.717) is 41.9 Å². The average Bonchev–Trinajstić information content (AvgIpc) is 2.71. The first-order valence-corrected chi connectivity index (χ1v) is 10.00. The maximum Gasteiger partial charge on any atom is 0.416 e. The molecule has 1 heterocycles. The van der Waals surface area contributed by atoms with Gasteiger partial charge in [0.2, 0.25) is 0 Å². The highest BCUT2D eigenvalue weighted by atomic mass is 19.4. The molecule has 1 fully saturated rings. The van der Waals surface area contributed by atoms with Crippen molar-refractivity contribution in [2.24, 2.45) is 0 Å². The molecule has 2 aromatic rings. The summed E-state index contributed by atoms with van der Waals surface area (Å²) >= 11 is 0. The van der Waals surface area contributed by atoms with E-state index < -0.39 is 23.5 Å². The Hall–Kier alpha value is -2.87. The summed E-state index contributed by atoms with van der Waals surface area (Å²) in [7, 11) is 0. The van der Waals surface area contributed by atoms with Gasteiger partial charge in [-0.1, -0.05) is 31.2 Å². The molecular formula is C24H21F6NO. The fourth-order valence-electron chi connectivity index (χ4n) is 3.52. The molecule has 1 aliphatic rings. The topological polar surface area (TPSA) is 20.3 Å². The highest BCUT2D eigenvalue weighted by Crippen LogP contribution is 2.31. The van der Waals surface area contributed by atoms with Crippen LogP contribution in [0.5, 0.6) is 0 Å². The molecule has 170 valence electrons. The second kappa shape index (κ2) is 9.32. The number of alkyl halides is 6. The number of benzene rings is 2. The second-order valence-corrected chi connectivity index (χ2v) is 7.62. The number of ketones is 1. The molecule has 0 saturated carbocycles. The van der Waals surface area contributed by atoms with E-state index in [1.807, 2.05) is 11.8 Å². The van der Waals surface area contributed by atoms with Crippen molar-refractivity contribution in [2.45, 2.75) is 25.7 Å². The summed E-state index contributed by atoms with van der Waals surface area (Å²) in [6.45, 7) is 3.37.